The molecule has 1 amide bonds. The first-order valence-corrected chi connectivity index (χ1v) is 7.43. The Kier molecular flexibility index (Phi) is 3.18. The lowest BCUT2D eigenvalue weighted by Gasteiger charge is -2.27. The molecule has 0 fully saturated rings. The molecule has 0 saturated carbocycles. The van der Waals surface area contributed by atoms with Gasteiger partial charge in [0.05, 0.1) is 12.6 Å². The molecule has 0 aliphatic carbocycles. The average Bonchev–Trinajstić information content (AvgIpc) is 3.03. The van der Waals surface area contributed by atoms with Crippen molar-refractivity contribution < 1.29 is 9.53 Å². The van der Waals surface area contributed by atoms with E-state index >= 15 is 0 Å². The van der Waals surface area contributed by atoms with Gasteiger partial charge in [0, 0.05) is 12.0 Å². The monoisotopic (exact) mass is 309 g/mol. The molecule has 1 atom stereocenters. The van der Waals surface area contributed by atoms with Crippen LogP contribution in [0.4, 0.5) is 0 Å². The van der Waals surface area contributed by atoms with Gasteiger partial charge in [0.1, 0.15) is 17.0 Å². The minimum Gasteiger partial charge on any atom is -0.493 e. The molecule has 7 heteroatoms. The molecule has 23 heavy (non-hydrogen) atoms. The molecule has 1 aromatic carbocycles. The van der Waals surface area contributed by atoms with E-state index in [-0.39, 0.29) is 11.9 Å². The number of ether oxygens (including phenoxy) is 1. The van der Waals surface area contributed by atoms with Crippen molar-refractivity contribution in [1.29, 1.82) is 0 Å². The Morgan fingerprint density at radius 1 is 1.30 bits per heavy atom. The maximum absolute atomic E-state index is 12.5. The average molecular weight is 309 g/mol. The summed E-state index contributed by atoms with van der Waals surface area (Å²) in [5.41, 5.74) is 3.47. The van der Waals surface area contributed by atoms with Gasteiger partial charge in [-0.25, -0.2) is 4.98 Å². The normalized spacial score (nSPS) is 16.7. The van der Waals surface area contributed by atoms with Crippen LogP contribution < -0.4 is 10.1 Å². The highest BCUT2D eigenvalue weighted by Crippen LogP contribution is 2.34. The maximum Gasteiger partial charge on any atom is 0.270 e. The van der Waals surface area contributed by atoms with E-state index in [9.17, 15) is 4.79 Å². The third-order valence-corrected chi connectivity index (χ3v) is 3.99. The molecule has 4 rings (SSSR count). The zero-order valence-electron chi connectivity index (χ0n) is 12.5. The van der Waals surface area contributed by atoms with Gasteiger partial charge in [-0.05, 0) is 24.6 Å². The smallest absolute Gasteiger partial charge is 0.270 e. The maximum atomic E-state index is 12.5. The number of para-hydroxylation sites is 1. The van der Waals surface area contributed by atoms with Crippen LogP contribution in [0.1, 0.15) is 34.1 Å². The summed E-state index contributed by atoms with van der Waals surface area (Å²) in [6, 6.07) is 9.26. The minimum atomic E-state index is -0.228. The van der Waals surface area contributed by atoms with Crippen LogP contribution in [0.5, 0.6) is 5.75 Å². The standard InChI is InChI=1S/C16H15N5O2/c1-9-3-2-4-10-11(7-8-23-14(9)10)18-16(22)13-6-5-12-15(17-13)20-21-19-12/h2-6,11H,7-8H2,1H3,(H,18,22)(H,17,19,20,21)/t11-/m1/s1. The summed E-state index contributed by atoms with van der Waals surface area (Å²) in [5.74, 6) is 0.637. The second-order valence-corrected chi connectivity index (χ2v) is 5.52. The lowest BCUT2D eigenvalue weighted by molar-refractivity contribution is 0.0920. The summed E-state index contributed by atoms with van der Waals surface area (Å²) in [6.45, 7) is 2.58. The molecule has 3 heterocycles. The Balaban J connectivity index is 1.61. The van der Waals surface area contributed by atoms with Crippen molar-refractivity contribution in [2.45, 2.75) is 19.4 Å². The highest BCUT2D eigenvalue weighted by Gasteiger charge is 2.25. The summed E-state index contributed by atoms with van der Waals surface area (Å²) in [5, 5.41) is 13.4. The van der Waals surface area contributed by atoms with E-state index in [0.29, 0.717) is 23.5 Å². The number of hydrogen-bond acceptors (Lipinski definition) is 5. The highest BCUT2D eigenvalue weighted by atomic mass is 16.5. The van der Waals surface area contributed by atoms with E-state index in [4.69, 9.17) is 4.74 Å². The second kappa shape index (κ2) is 5.35. The van der Waals surface area contributed by atoms with E-state index in [1.807, 2.05) is 25.1 Å². The van der Waals surface area contributed by atoms with Crippen LogP contribution >= 0.6 is 0 Å². The molecule has 2 N–H and O–H groups in total. The topological polar surface area (TPSA) is 92.8 Å². The number of aromatic amines is 1. The van der Waals surface area contributed by atoms with E-state index in [0.717, 1.165) is 23.3 Å². The first-order valence-electron chi connectivity index (χ1n) is 7.43. The summed E-state index contributed by atoms with van der Waals surface area (Å²) < 4.78 is 5.73. The third kappa shape index (κ3) is 2.40. The predicted molar refractivity (Wildman–Crippen MR) is 83.2 cm³/mol. The molecule has 0 saturated heterocycles. The predicted octanol–water partition coefficient (Wildman–Crippen LogP) is 1.91. The van der Waals surface area contributed by atoms with Gasteiger partial charge in [-0.1, -0.05) is 18.2 Å². The van der Waals surface area contributed by atoms with Crippen LogP contribution in [0.15, 0.2) is 30.3 Å². The van der Waals surface area contributed by atoms with Gasteiger partial charge < -0.3 is 10.1 Å². The summed E-state index contributed by atoms with van der Waals surface area (Å²) in [4.78, 5) is 16.7. The van der Waals surface area contributed by atoms with E-state index in [1.54, 1.807) is 12.1 Å². The lowest BCUT2D eigenvalue weighted by atomic mass is 9.98. The summed E-state index contributed by atoms with van der Waals surface area (Å²) >= 11 is 0. The van der Waals surface area contributed by atoms with Gasteiger partial charge in [0.25, 0.3) is 5.91 Å². The number of benzene rings is 1. The molecule has 116 valence electrons. The zero-order chi connectivity index (χ0) is 15.8. The third-order valence-electron chi connectivity index (χ3n) is 3.99. The summed E-state index contributed by atoms with van der Waals surface area (Å²) in [7, 11) is 0. The van der Waals surface area contributed by atoms with Crippen molar-refractivity contribution in [3.05, 3.63) is 47.2 Å². The number of nitrogens with zero attached hydrogens (tertiary/aromatic N) is 3. The first kappa shape index (κ1) is 13.7. The van der Waals surface area contributed by atoms with Crippen LogP contribution in [0.3, 0.4) is 0 Å². The molecule has 0 spiro atoms. The van der Waals surface area contributed by atoms with E-state index < -0.39 is 0 Å². The van der Waals surface area contributed by atoms with Crippen molar-refractivity contribution in [3.63, 3.8) is 0 Å². The SMILES string of the molecule is Cc1cccc2c1OCC[C@H]2NC(=O)c1ccc2n[nH]nc2n1. The Morgan fingerprint density at radius 3 is 3.13 bits per heavy atom. The number of pyridine rings is 1. The number of rotatable bonds is 2. The lowest BCUT2D eigenvalue weighted by Crippen LogP contribution is -2.32. The fourth-order valence-corrected chi connectivity index (χ4v) is 2.83. The zero-order valence-corrected chi connectivity index (χ0v) is 12.5. The van der Waals surface area contributed by atoms with Gasteiger partial charge >= 0.3 is 0 Å². The molecule has 3 aromatic rings. The van der Waals surface area contributed by atoms with Crippen molar-refractivity contribution in [2.75, 3.05) is 6.61 Å². The number of fused-ring (bicyclic) bond motifs is 2. The number of carbonyl (C=O) groups excluding carboxylic acids is 1. The number of aryl methyl sites for hydroxylation is 1. The molecule has 7 nitrogen and oxygen atoms in total. The van der Waals surface area contributed by atoms with Crippen molar-refractivity contribution in [1.82, 2.24) is 25.7 Å². The van der Waals surface area contributed by atoms with Crippen LogP contribution in [0, 0.1) is 6.92 Å². The molecule has 0 radical (unpaired) electrons. The van der Waals surface area contributed by atoms with Gasteiger partial charge in [0.2, 0.25) is 5.65 Å². The van der Waals surface area contributed by atoms with Crippen LogP contribution in [0.25, 0.3) is 11.2 Å². The number of carbonyl (C=O) groups is 1. The number of hydrogen-bond donors (Lipinski definition) is 2. The summed E-state index contributed by atoms with van der Waals surface area (Å²) in [6.07, 6.45) is 0.731. The van der Waals surface area contributed by atoms with Gasteiger partial charge in [0.15, 0.2) is 0 Å². The minimum absolute atomic E-state index is 0.0824. The van der Waals surface area contributed by atoms with Crippen molar-refractivity contribution >= 4 is 17.1 Å². The highest BCUT2D eigenvalue weighted by molar-refractivity contribution is 5.94. The second-order valence-electron chi connectivity index (χ2n) is 5.52. The first-order chi connectivity index (χ1) is 11.2. The Morgan fingerprint density at radius 2 is 2.22 bits per heavy atom. The van der Waals surface area contributed by atoms with E-state index in [1.165, 1.54) is 0 Å². The van der Waals surface area contributed by atoms with Gasteiger partial charge in [-0.15, -0.1) is 5.10 Å². The number of nitrogens with one attached hydrogen (secondary N) is 2. The Hall–Kier alpha value is -2.96. The van der Waals surface area contributed by atoms with Crippen molar-refractivity contribution in [2.24, 2.45) is 0 Å². The fraction of sp³-hybridized carbons (Fsp3) is 0.250. The molecule has 1 aliphatic rings. The largest absolute Gasteiger partial charge is 0.493 e. The van der Waals surface area contributed by atoms with Gasteiger partial charge in [-0.2, -0.15) is 10.3 Å². The Labute approximate surface area is 132 Å². The molecular formula is C16H15N5O2. The number of aromatic nitrogens is 4. The van der Waals surface area contributed by atoms with Crippen LogP contribution in [-0.4, -0.2) is 32.9 Å². The van der Waals surface area contributed by atoms with Gasteiger partial charge in [-0.3, -0.25) is 4.79 Å². The quantitative estimate of drug-likeness (QED) is 0.754. The van der Waals surface area contributed by atoms with E-state index in [2.05, 4.69) is 25.7 Å². The van der Waals surface area contributed by atoms with Crippen LogP contribution in [-0.2, 0) is 0 Å². The fourth-order valence-electron chi connectivity index (χ4n) is 2.83. The molecular weight excluding hydrogens is 294 g/mol. The molecule has 0 bridgehead atoms. The number of amides is 1. The molecule has 2 aromatic heterocycles. The van der Waals surface area contributed by atoms with Crippen molar-refractivity contribution in [3.8, 4) is 5.75 Å². The van der Waals surface area contributed by atoms with Crippen LogP contribution in [0.2, 0.25) is 0 Å². The number of H-pyrrole nitrogens is 1. The molecule has 0 unspecified atom stereocenters. The Bertz CT molecular complexity index is 889. The molecule has 1 aliphatic heterocycles.